The van der Waals surface area contributed by atoms with Gasteiger partial charge in [0.1, 0.15) is 12.4 Å². The average molecular weight is 239 g/mol. The normalized spacial score (nSPS) is 10.4. The van der Waals surface area contributed by atoms with Crippen molar-refractivity contribution in [2.45, 2.75) is 0 Å². The number of nitro groups is 2. The summed E-state index contributed by atoms with van der Waals surface area (Å²) in [7, 11) is 1.42. The Labute approximate surface area is 92.6 Å². The van der Waals surface area contributed by atoms with Crippen LogP contribution in [0.4, 0.5) is 11.6 Å². The molecule has 2 rings (SSSR count). The molecule has 0 saturated carbocycles. The fourth-order valence-electron chi connectivity index (χ4n) is 1.16. The third-order valence-electron chi connectivity index (χ3n) is 1.88. The third-order valence-corrected chi connectivity index (χ3v) is 1.88. The van der Waals surface area contributed by atoms with E-state index in [0.717, 1.165) is 21.8 Å². The van der Waals surface area contributed by atoms with E-state index >= 15 is 0 Å². The Kier molecular flexibility index (Phi) is 2.27. The molecule has 0 aliphatic heterocycles. The molecule has 0 bridgehead atoms. The number of nitrogens with zero attached hydrogens (tertiary/aromatic N) is 7. The molecule has 0 N–H and O–H groups in total. The molecule has 0 atom stereocenters. The Morgan fingerprint density at radius 2 is 2.00 bits per heavy atom. The summed E-state index contributed by atoms with van der Waals surface area (Å²) in [6.07, 6.45) is 2.11. The van der Waals surface area contributed by atoms with E-state index in [0.29, 0.717) is 0 Å². The molecule has 0 aliphatic carbocycles. The second-order valence-corrected chi connectivity index (χ2v) is 2.99. The van der Waals surface area contributed by atoms with Crippen LogP contribution in [-0.2, 0) is 7.05 Å². The van der Waals surface area contributed by atoms with Crippen molar-refractivity contribution < 1.29 is 9.85 Å². The molecule has 11 nitrogen and oxygen atoms in total. The van der Waals surface area contributed by atoms with Crippen LogP contribution < -0.4 is 0 Å². The quantitative estimate of drug-likeness (QED) is 0.535. The predicted molar refractivity (Wildman–Crippen MR) is 51.4 cm³/mol. The van der Waals surface area contributed by atoms with Gasteiger partial charge < -0.3 is 10.1 Å². The van der Waals surface area contributed by atoms with Crippen molar-refractivity contribution in [1.82, 2.24) is 24.5 Å². The van der Waals surface area contributed by atoms with Gasteiger partial charge in [-0.3, -0.25) is 10.1 Å². The summed E-state index contributed by atoms with van der Waals surface area (Å²) in [5, 5.41) is 28.1. The van der Waals surface area contributed by atoms with Crippen molar-refractivity contribution in [2.75, 3.05) is 0 Å². The zero-order valence-corrected chi connectivity index (χ0v) is 8.42. The SMILES string of the molecule is Cn1nc([N+](=O)[O-])nc1-n1cc([N+](=O)[O-])cn1. The van der Waals surface area contributed by atoms with Gasteiger partial charge in [-0.05, 0) is 9.91 Å². The summed E-state index contributed by atoms with van der Waals surface area (Å²) in [4.78, 5) is 23.1. The van der Waals surface area contributed by atoms with Crippen molar-refractivity contribution in [3.05, 3.63) is 32.6 Å². The molecule has 17 heavy (non-hydrogen) atoms. The molecular weight excluding hydrogens is 234 g/mol. The summed E-state index contributed by atoms with van der Waals surface area (Å²) in [6, 6.07) is 0. The van der Waals surface area contributed by atoms with Crippen LogP contribution in [-0.4, -0.2) is 34.4 Å². The van der Waals surface area contributed by atoms with Crippen molar-refractivity contribution in [3.63, 3.8) is 0 Å². The van der Waals surface area contributed by atoms with Gasteiger partial charge in [-0.25, -0.2) is 0 Å². The highest BCUT2D eigenvalue weighted by atomic mass is 16.6. The van der Waals surface area contributed by atoms with Gasteiger partial charge in [0.15, 0.2) is 0 Å². The van der Waals surface area contributed by atoms with Gasteiger partial charge in [0.2, 0.25) is 0 Å². The number of aromatic nitrogens is 5. The maximum absolute atomic E-state index is 10.4. The van der Waals surface area contributed by atoms with Gasteiger partial charge in [-0.15, -0.1) is 0 Å². The molecule has 2 heterocycles. The topological polar surface area (TPSA) is 135 Å². The number of hydrogen-bond donors (Lipinski definition) is 0. The summed E-state index contributed by atoms with van der Waals surface area (Å²) in [6.45, 7) is 0. The predicted octanol–water partition coefficient (Wildman–Crippen LogP) is -0.183. The average Bonchev–Trinajstić information content (AvgIpc) is 2.83. The molecule has 0 unspecified atom stereocenters. The maximum atomic E-state index is 10.4. The number of hydrogen-bond acceptors (Lipinski definition) is 7. The fraction of sp³-hybridized carbons (Fsp3) is 0.167. The summed E-state index contributed by atoms with van der Waals surface area (Å²) in [5.41, 5.74) is -0.240. The molecule has 88 valence electrons. The smallest absolute Gasteiger partial charge is 0.390 e. The molecule has 0 amide bonds. The molecule has 11 heteroatoms. The van der Waals surface area contributed by atoms with Crippen molar-refractivity contribution in [3.8, 4) is 5.95 Å². The highest BCUT2D eigenvalue weighted by molar-refractivity contribution is 5.26. The van der Waals surface area contributed by atoms with E-state index < -0.39 is 15.8 Å². The lowest BCUT2D eigenvalue weighted by atomic mass is 10.6. The molecule has 0 aromatic carbocycles. The first-order valence-corrected chi connectivity index (χ1v) is 4.24. The number of rotatable bonds is 3. The minimum absolute atomic E-state index is 0.0183. The van der Waals surface area contributed by atoms with E-state index in [9.17, 15) is 20.2 Å². The highest BCUT2D eigenvalue weighted by Crippen LogP contribution is 2.13. The maximum Gasteiger partial charge on any atom is 0.493 e. The van der Waals surface area contributed by atoms with Crippen LogP contribution in [0.25, 0.3) is 5.95 Å². The van der Waals surface area contributed by atoms with Crippen molar-refractivity contribution in [2.24, 2.45) is 7.05 Å². The van der Waals surface area contributed by atoms with Gasteiger partial charge >= 0.3 is 17.6 Å². The first-order valence-electron chi connectivity index (χ1n) is 4.24. The molecule has 0 saturated heterocycles. The zero-order chi connectivity index (χ0) is 12.6. The second kappa shape index (κ2) is 3.62. The second-order valence-electron chi connectivity index (χ2n) is 2.99. The molecule has 2 aromatic heterocycles. The first kappa shape index (κ1) is 10.7. The molecular formula is C6H5N7O4. The summed E-state index contributed by atoms with van der Waals surface area (Å²) >= 11 is 0. The minimum atomic E-state index is -0.762. The van der Waals surface area contributed by atoms with Gasteiger partial charge in [0.05, 0.1) is 4.92 Å². The van der Waals surface area contributed by atoms with Crippen molar-refractivity contribution >= 4 is 11.6 Å². The highest BCUT2D eigenvalue weighted by Gasteiger charge is 2.22. The fourth-order valence-corrected chi connectivity index (χ4v) is 1.16. The first-order chi connectivity index (χ1) is 7.99. The number of aryl methyl sites for hydroxylation is 1. The van der Waals surface area contributed by atoms with Crippen molar-refractivity contribution in [1.29, 1.82) is 0 Å². The van der Waals surface area contributed by atoms with Crippen LogP contribution in [0.1, 0.15) is 0 Å². The van der Waals surface area contributed by atoms with E-state index in [4.69, 9.17) is 0 Å². The molecule has 0 fully saturated rings. The Morgan fingerprint density at radius 3 is 2.47 bits per heavy atom. The van der Waals surface area contributed by atoms with E-state index in [1.165, 1.54) is 7.05 Å². The Bertz CT molecular complexity index is 599. The molecule has 0 aliphatic rings. The minimum Gasteiger partial charge on any atom is -0.390 e. The molecule has 0 radical (unpaired) electrons. The van der Waals surface area contributed by atoms with Crippen LogP contribution in [0.5, 0.6) is 0 Å². The van der Waals surface area contributed by atoms with E-state index in [1.807, 2.05) is 0 Å². The van der Waals surface area contributed by atoms with Crippen LogP contribution in [0.15, 0.2) is 12.4 Å². The van der Waals surface area contributed by atoms with Gasteiger partial charge in [0, 0.05) is 12.1 Å². The van der Waals surface area contributed by atoms with Crippen LogP contribution >= 0.6 is 0 Å². The van der Waals surface area contributed by atoms with E-state index in [1.54, 1.807) is 0 Å². The van der Waals surface area contributed by atoms with Crippen LogP contribution in [0.3, 0.4) is 0 Å². The van der Waals surface area contributed by atoms with Gasteiger partial charge in [0.25, 0.3) is 0 Å². The Balaban J connectivity index is 2.45. The zero-order valence-electron chi connectivity index (χ0n) is 8.42. The molecule has 0 spiro atoms. The van der Waals surface area contributed by atoms with Crippen LogP contribution in [0.2, 0.25) is 0 Å². The molecule has 2 aromatic rings. The van der Waals surface area contributed by atoms with Gasteiger partial charge in [-0.2, -0.15) is 14.5 Å². The standard InChI is InChI=1S/C6H5N7O4/c1-10-6(8-5(9-10)13(16)17)11-3-4(2-7-11)12(14)15/h2-3H,1H3. The third kappa shape index (κ3) is 1.80. The van der Waals surface area contributed by atoms with E-state index in [2.05, 4.69) is 15.2 Å². The lowest BCUT2D eigenvalue weighted by Gasteiger charge is -1.90. The summed E-state index contributed by atoms with van der Waals surface area (Å²) < 4.78 is 2.15. The lowest BCUT2D eigenvalue weighted by Crippen LogP contribution is -2.04. The Morgan fingerprint density at radius 1 is 1.29 bits per heavy atom. The lowest BCUT2D eigenvalue weighted by molar-refractivity contribution is -0.394. The van der Waals surface area contributed by atoms with Crippen LogP contribution in [0, 0.1) is 20.2 Å². The monoisotopic (exact) mass is 239 g/mol. The Hall–Kier alpha value is -2.85. The van der Waals surface area contributed by atoms with Gasteiger partial charge in [-0.1, -0.05) is 0 Å². The largest absolute Gasteiger partial charge is 0.493 e. The van der Waals surface area contributed by atoms with E-state index in [-0.39, 0.29) is 11.6 Å². The summed E-state index contributed by atoms with van der Waals surface area (Å²) in [5.74, 6) is -0.578.